The molecule has 0 aliphatic rings. The number of carbonyl (C=O) groups is 1. The Morgan fingerprint density at radius 2 is 1.94 bits per heavy atom. The van der Waals surface area contributed by atoms with Gasteiger partial charge >= 0.3 is 0 Å². The first-order valence-electron chi connectivity index (χ1n) is 10.0. The highest BCUT2D eigenvalue weighted by molar-refractivity contribution is 7.99. The number of amides is 1. The summed E-state index contributed by atoms with van der Waals surface area (Å²) in [5, 5.41) is 14.5. The summed E-state index contributed by atoms with van der Waals surface area (Å²) in [6.45, 7) is 8.55. The van der Waals surface area contributed by atoms with Crippen LogP contribution in [0.4, 0.5) is 5.69 Å². The van der Waals surface area contributed by atoms with Gasteiger partial charge in [-0.25, -0.2) is 0 Å². The van der Waals surface area contributed by atoms with Gasteiger partial charge in [0.25, 0.3) is 0 Å². The summed E-state index contributed by atoms with van der Waals surface area (Å²) in [6.07, 6.45) is 0. The number of rotatable bonds is 9. The Labute approximate surface area is 191 Å². The van der Waals surface area contributed by atoms with Crippen LogP contribution in [0.25, 0.3) is 11.4 Å². The second-order valence-corrected chi connectivity index (χ2v) is 9.45. The van der Waals surface area contributed by atoms with Crippen molar-refractivity contribution in [3.05, 3.63) is 34.5 Å². The number of nitrogens with zero attached hydrogens (tertiary/aromatic N) is 3. The van der Waals surface area contributed by atoms with E-state index in [1.165, 1.54) is 16.6 Å². The van der Waals surface area contributed by atoms with Crippen LogP contribution in [-0.2, 0) is 4.79 Å². The predicted octanol–water partition coefficient (Wildman–Crippen LogP) is 5.46. The zero-order chi connectivity index (χ0) is 22.5. The van der Waals surface area contributed by atoms with Crippen LogP contribution in [0.5, 0.6) is 11.5 Å². The Balaban J connectivity index is 1.73. The van der Waals surface area contributed by atoms with E-state index >= 15 is 0 Å². The minimum atomic E-state index is -0.147. The molecule has 1 aromatic carbocycles. The number of methoxy groups -OCH3 is 2. The normalized spacial score (nSPS) is 11.2. The van der Waals surface area contributed by atoms with Crippen LogP contribution < -0.4 is 14.8 Å². The van der Waals surface area contributed by atoms with Gasteiger partial charge in [0.15, 0.2) is 11.0 Å². The molecule has 0 unspecified atom stereocenters. The third-order valence-electron chi connectivity index (χ3n) is 4.64. The molecule has 0 saturated heterocycles. The van der Waals surface area contributed by atoms with E-state index in [-0.39, 0.29) is 17.7 Å². The third-order valence-corrected chi connectivity index (χ3v) is 6.82. The van der Waals surface area contributed by atoms with Crippen molar-refractivity contribution >= 4 is 34.7 Å². The zero-order valence-corrected chi connectivity index (χ0v) is 20.3. The van der Waals surface area contributed by atoms with E-state index in [0.717, 1.165) is 16.5 Å². The molecular weight excluding hydrogens is 432 g/mol. The molecule has 7 nitrogen and oxygen atoms in total. The van der Waals surface area contributed by atoms with E-state index in [0.29, 0.717) is 23.1 Å². The number of benzene rings is 1. The van der Waals surface area contributed by atoms with E-state index in [1.807, 2.05) is 0 Å². The number of hydrogen-bond donors (Lipinski definition) is 1. The second kappa shape index (κ2) is 10.2. The van der Waals surface area contributed by atoms with Crippen molar-refractivity contribution in [3.8, 4) is 22.9 Å². The molecule has 0 saturated carbocycles. The van der Waals surface area contributed by atoms with Gasteiger partial charge in [-0.05, 0) is 38.0 Å². The fourth-order valence-electron chi connectivity index (χ4n) is 3.03. The topological polar surface area (TPSA) is 78.3 Å². The first kappa shape index (κ1) is 23.1. The number of thiophene rings is 1. The second-order valence-electron chi connectivity index (χ2n) is 7.57. The van der Waals surface area contributed by atoms with Crippen molar-refractivity contribution in [1.82, 2.24) is 14.8 Å². The van der Waals surface area contributed by atoms with Crippen LogP contribution in [0.2, 0.25) is 0 Å². The third kappa shape index (κ3) is 5.40. The number of anilines is 1. The quantitative estimate of drug-likeness (QED) is 0.427. The standard InChI is InChI=1S/C22H28N4O3S2/c1-13(2)19-9-15(11-30-19)21-24-25-22(26(21)14(3)4)31-12-20(27)23-17-8-7-16(28-5)10-18(17)29-6/h7-11,13-14H,12H2,1-6H3,(H,23,27). The summed E-state index contributed by atoms with van der Waals surface area (Å²) in [5.74, 6) is 2.58. The summed E-state index contributed by atoms with van der Waals surface area (Å²) < 4.78 is 12.6. The lowest BCUT2D eigenvalue weighted by molar-refractivity contribution is -0.113. The maximum absolute atomic E-state index is 12.6. The fraction of sp³-hybridized carbons (Fsp3) is 0.409. The van der Waals surface area contributed by atoms with Gasteiger partial charge in [-0.1, -0.05) is 25.6 Å². The molecule has 0 atom stereocenters. The Bertz CT molecular complexity index is 1040. The van der Waals surface area contributed by atoms with Gasteiger partial charge in [0.2, 0.25) is 5.91 Å². The fourth-order valence-corrected chi connectivity index (χ4v) is 4.80. The molecule has 0 fully saturated rings. The zero-order valence-electron chi connectivity index (χ0n) is 18.6. The Morgan fingerprint density at radius 3 is 2.55 bits per heavy atom. The number of nitrogens with one attached hydrogen (secondary N) is 1. The van der Waals surface area contributed by atoms with Crippen molar-refractivity contribution in [3.63, 3.8) is 0 Å². The molecule has 3 aromatic rings. The van der Waals surface area contributed by atoms with Gasteiger partial charge in [-0.15, -0.1) is 21.5 Å². The molecule has 1 amide bonds. The molecule has 166 valence electrons. The highest BCUT2D eigenvalue weighted by Crippen LogP contribution is 2.33. The lowest BCUT2D eigenvalue weighted by Crippen LogP contribution is -2.15. The molecule has 0 aliphatic heterocycles. The first-order chi connectivity index (χ1) is 14.8. The van der Waals surface area contributed by atoms with Crippen LogP contribution >= 0.6 is 23.1 Å². The van der Waals surface area contributed by atoms with Crippen molar-refractivity contribution in [1.29, 1.82) is 0 Å². The summed E-state index contributed by atoms with van der Waals surface area (Å²) >= 11 is 3.10. The molecule has 1 N–H and O–H groups in total. The number of ether oxygens (including phenoxy) is 2. The monoisotopic (exact) mass is 460 g/mol. The van der Waals surface area contributed by atoms with Gasteiger partial charge < -0.3 is 14.8 Å². The minimum Gasteiger partial charge on any atom is -0.497 e. The maximum Gasteiger partial charge on any atom is 0.234 e. The van der Waals surface area contributed by atoms with E-state index < -0.39 is 0 Å². The largest absolute Gasteiger partial charge is 0.497 e. The molecule has 31 heavy (non-hydrogen) atoms. The molecule has 9 heteroatoms. The van der Waals surface area contributed by atoms with Crippen LogP contribution in [0.3, 0.4) is 0 Å². The Morgan fingerprint density at radius 1 is 1.16 bits per heavy atom. The summed E-state index contributed by atoms with van der Waals surface area (Å²) in [7, 11) is 3.14. The smallest absolute Gasteiger partial charge is 0.234 e. The average Bonchev–Trinajstić information content (AvgIpc) is 3.39. The highest BCUT2D eigenvalue weighted by Gasteiger charge is 2.19. The van der Waals surface area contributed by atoms with E-state index in [4.69, 9.17) is 9.47 Å². The lowest BCUT2D eigenvalue weighted by Gasteiger charge is -2.14. The highest BCUT2D eigenvalue weighted by atomic mass is 32.2. The van der Waals surface area contributed by atoms with Gasteiger partial charge in [0.05, 0.1) is 25.7 Å². The number of carbonyl (C=O) groups excluding carboxylic acids is 1. The van der Waals surface area contributed by atoms with Crippen molar-refractivity contribution in [2.45, 2.75) is 44.8 Å². The summed E-state index contributed by atoms with van der Waals surface area (Å²) in [4.78, 5) is 13.9. The maximum atomic E-state index is 12.6. The molecule has 2 heterocycles. The van der Waals surface area contributed by atoms with Crippen LogP contribution in [0, 0.1) is 0 Å². The van der Waals surface area contributed by atoms with Gasteiger partial charge in [0, 0.05) is 27.9 Å². The molecule has 0 spiro atoms. The minimum absolute atomic E-state index is 0.147. The van der Waals surface area contributed by atoms with E-state index in [9.17, 15) is 4.79 Å². The Kier molecular flexibility index (Phi) is 7.61. The summed E-state index contributed by atoms with van der Waals surface area (Å²) in [5.41, 5.74) is 1.66. The van der Waals surface area contributed by atoms with Crippen molar-refractivity contribution in [2.24, 2.45) is 0 Å². The molecule has 0 bridgehead atoms. The molecule has 0 radical (unpaired) electrons. The molecule has 2 aromatic heterocycles. The van der Waals surface area contributed by atoms with Crippen LogP contribution in [0.1, 0.15) is 44.5 Å². The lowest BCUT2D eigenvalue weighted by atomic mass is 10.1. The molecule has 3 rings (SSSR count). The van der Waals surface area contributed by atoms with Gasteiger partial charge in [0.1, 0.15) is 11.5 Å². The number of thioether (sulfide) groups is 1. The average molecular weight is 461 g/mol. The van der Waals surface area contributed by atoms with Crippen LogP contribution in [-0.4, -0.2) is 40.6 Å². The Hall–Kier alpha value is -2.52. The van der Waals surface area contributed by atoms with Crippen molar-refractivity contribution in [2.75, 3.05) is 25.3 Å². The van der Waals surface area contributed by atoms with Gasteiger partial charge in [-0.2, -0.15) is 0 Å². The molecular formula is C22H28N4O3S2. The molecule has 0 aliphatic carbocycles. The number of aromatic nitrogens is 3. The first-order valence-corrected chi connectivity index (χ1v) is 11.9. The number of hydrogen-bond acceptors (Lipinski definition) is 7. The van der Waals surface area contributed by atoms with E-state index in [1.54, 1.807) is 43.8 Å². The van der Waals surface area contributed by atoms with Crippen LogP contribution in [0.15, 0.2) is 34.8 Å². The summed E-state index contributed by atoms with van der Waals surface area (Å²) in [6, 6.07) is 7.61. The van der Waals surface area contributed by atoms with E-state index in [2.05, 4.69) is 59.2 Å². The van der Waals surface area contributed by atoms with Crippen molar-refractivity contribution < 1.29 is 14.3 Å². The predicted molar refractivity (Wildman–Crippen MR) is 127 cm³/mol. The van der Waals surface area contributed by atoms with Gasteiger partial charge in [-0.3, -0.25) is 9.36 Å². The SMILES string of the molecule is COc1ccc(NC(=O)CSc2nnc(-c3csc(C(C)C)c3)n2C(C)C)c(OC)c1.